The molecule has 0 radical (unpaired) electrons. The highest BCUT2D eigenvalue weighted by Gasteiger charge is 1.98. The lowest BCUT2D eigenvalue weighted by Gasteiger charge is -2.12. The zero-order chi connectivity index (χ0) is 6.57. The standard InChI is InChI=1S/C6H15NS/c1-5-6(2)8-7(3)4/h6H,5H2,1-4H3. The van der Waals surface area contributed by atoms with Crippen molar-refractivity contribution in [3.8, 4) is 0 Å². The van der Waals surface area contributed by atoms with Gasteiger partial charge in [-0.25, -0.2) is 0 Å². The van der Waals surface area contributed by atoms with E-state index in [4.69, 9.17) is 0 Å². The molecule has 0 heterocycles. The summed E-state index contributed by atoms with van der Waals surface area (Å²) in [6.45, 7) is 4.45. The van der Waals surface area contributed by atoms with Crippen molar-refractivity contribution in [2.24, 2.45) is 0 Å². The van der Waals surface area contributed by atoms with Crippen molar-refractivity contribution in [3.63, 3.8) is 0 Å². The predicted octanol–water partition coefficient (Wildman–Crippen LogP) is 1.99. The zero-order valence-corrected chi connectivity index (χ0v) is 6.96. The number of nitrogens with zero attached hydrogens (tertiary/aromatic N) is 1. The van der Waals surface area contributed by atoms with Gasteiger partial charge in [-0.05, 0) is 20.5 Å². The maximum Gasteiger partial charge on any atom is 0.0164 e. The maximum absolute atomic E-state index is 2.24. The van der Waals surface area contributed by atoms with E-state index >= 15 is 0 Å². The van der Waals surface area contributed by atoms with Gasteiger partial charge >= 0.3 is 0 Å². The van der Waals surface area contributed by atoms with E-state index in [-0.39, 0.29) is 0 Å². The smallest absolute Gasteiger partial charge is 0.0164 e. The van der Waals surface area contributed by atoms with Crippen LogP contribution in [-0.4, -0.2) is 23.7 Å². The van der Waals surface area contributed by atoms with E-state index in [1.165, 1.54) is 6.42 Å². The van der Waals surface area contributed by atoms with Crippen LogP contribution in [0.2, 0.25) is 0 Å². The van der Waals surface area contributed by atoms with Crippen LogP contribution >= 0.6 is 11.9 Å². The molecule has 0 saturated carbocycles. The molecule has 50 valence electrons. The first kappa shape index (κ1) is 8.31. The Kier molecular flexibility index (Phi) is 4.38. The molecular formula is C6H15NS. The van der Waals surface area contributed by atoms with Crippen molar-refractivity contribution < 1.29 is 0 Å². The lowest BCUT2D eigenvalue weighted by molar-refractivity contribution is 0.689. The lowest BCUT2D eigenvalue weighted by Crippen LogP contribution is -2.06. The minimum Gasteiger partial charge on any atom is -0.257 e. The van der Waals surface area contributed by atoms with Crippen molar-refractivity contribution in [1.82, 2.24) is 4.31 Å². The van der Waals surface area contributed by atoms with Gasteiger partial charge in [-0.1, -0.05) is 25.8 Å². The van der Waals surface area contributed by atoms with Crippen molar-refractivity contribution in [3.05, 3.63) is 0 Å². The van der Waals surface area contributed by atoms with Crippen LogP contribution in [0.4, 0.5) is 0 Å². The second-order valence-electron chi connectivity index (χ2n) is 2.14. The fraction of sp³-hybridized carbons (Fsp3) is 1.00. The molecule has 0 rings (SSSR count). The molecule has 0 aromatic rings. The second kappa shape index (κ2) is 4.21. The van der Waals surface area contributed by atoms with Crippen LogP contribution in [0, 0.1) is 0 Å². The summed E-state index contributed by atoms with van der Waals surface area (Å²) >= 11 is 1.89. The van der Waals surface area contributed by atoms with Crippen LogP contribution in [-0.2, 0) is 0 Å². The highest BCUT2D eigenvalue weighted by molar-refractivity contribution is 7.97. The highest BCUT2D eigenvalue weighted by Crippen LogP contribution is 2.14. The van der Waals surface area contributed by atoms with Gasteiger partial charge in [0.15, 0.2) is 0 Å². The molecule has 0 fully saturated rings. The van der Waals surface area contributed by atoms with Gasteiger partial charge in [-0.3, -0.25) is 4.31 Å². The Hall–Kier alpha value is 0.310. The van der Waals surface area contributed by atoms with Gasteiger partial charge in [-0.2, -0.15) is 0 Å². The molecule has 0 aliphatic rings. The molecule has 2 heteroatoms. The summed E-state index contributed by atoms with van der Waals surface area (Å²) in [6, 6.07) is 0. The van der Waals surface area contributed by atoms with Crippen LogP contribution in [0.3, 0.4) is 0 Å². The Morgan fingerprint density at radius 2 is 2.00 bits per heavy atom. The quantitative estimate of drug-likeness (QED) is 0.542. The molecule has 0 amide bonds. The average Bonchev–Trinajstić information content (AvgIpc) is 1.65. The van der Waals surface area contributed by atoms with Gasteiger partial charge in [0.25, 0.3) is 0 Å². The molecule has 0 bridgehead atoms. The van der Waals surface area contributed by atoms with Gasteiger partial charge < -0.3 is 0 Å². The van der Waals surface area contributed by atoms with Crippen LogP contribution < -0.4 is 0 Å². The molecule has 0 aliphatic carbocycles. The first-order chi connectivity index (χ1) is 3.66. The summed E-state index contributed by atoms with van der Waals surface area (Å²) in [7, 11) is 4.16. The van der Waals surface area contributed by atoms with E-state index < -0.39 is 0 Å². The van der Waals surface area contributed by atoms with Crippen LogP contribution in [0.15, 0.2) is 0 Å². The van der Waals surface area contributed by atoms with Crippen molar-refractivity contribution in [2.75, 3.05) is 14.1 Å². The molecule has 8 heavy (non-hydrogen) atoms. The Bertz CT molecular complexity index is 54.5. The Balaban J connectivity index is 3.10. The van der Waals surface area contributed by atoms with Crippen molar-refractivity contribution >= 4 is 11.9 Å². The Labute approximate surface area is 56.6 Å². The summed E-state index contributed by atoms with van der Waals surface area (Å²) in [6.07, 6.45) is 1.25. The van der Waals surface area contributed by atoms with Crippen molar-refractivity contribution in [2.45, 2.75) is 25.5 Å². The first-order valence-electron chi connectivity index (χ1n) is 3.01. The molecule has 0 aromatic carbocycles. The Morgan fingerprint density at radius 3 is 2.12 bits per heavy atom. The van der Waals surface area contributed by atoms with E-state index in [2.05, 4.69) is 32.2 Å². The van der Waals surface area contributed by atoms with E-state index in [1.807, 2.05) is 11.9 Å². The summed E-state index contributed by atoms with van der Waals surface area (Å²) in [4.78, 5) is 0. The molecule has 0 aliphatic heterocycles. The molecular weight excluding hydrogens is 118 g/mol. The molecule has 1 unspecified atom stereocenters. The number of rotatable bonds is 3. The van der Waals surface area contributed by atoms with Gasteiger partial charge in [0.05, 0.1) is 0 Å². The van der Waals surface area contributed by atoms with Gasteiger partial charge in [0, 0.05) is 5.25 Å². The minimum atomic E-state index is 0.769. The second-order valence-corrected chi connectivity index (χ2v) is 3.88. The highest BCUT2D eigenvalue weighted by atomic mass is 32.2. The monoisotopic (exact) mass is 133 g/mol. The third-order valence-corrected chi connectivity index (χ3v) is 2.08. The van der Waals surface area contributed by atoms with E-state index in [1.54, 1.807) is 0 Å². The summed E-state index contributed by atoms with van der Waals surface area (Å²) in [5, 5.41) is 0.769. The molecule has 1 nitrogen and oxygen atoms in total. The van der Waals surface area contributed by atoms with E-state index in [0.717, 1.165) is 5.25 Å². The zero-order valence-electron chi connectivity index (χ0n) is 6.14. The molecule has 1 atom stereocenters. The SMILES string of the molecule is CCC(C)SN(C)C. The van der Waals surface area contributed by atoms with E-state index in [9.17, 15) is 0 Å². The first-order valence-corrected chi connectivity index (χ1v) is 3.84. The third-order valence-electron chi connectivity index (χ3n) is 0.966. The minimum absolute atomic E-state index is 0.769. The summed E-state index contributed by atoms with van der Waals surface area (Å²) in [5.74, 6) is 0. The van der Waals surface area contributed by atoms with Gasteiger partial charge in [-0.15, -0.1) is 0 Å². The molecule has 0 spiro atoms. The third kappa shape index (κ3) is 4.47. The predicted molar refractivity (Wildman–Crippen MR) is 41.0 cm³/mol. The van der Waals surface area contributed by atoms with Gasteiger partial charge in [0.2, 0.25) is 0 Å². The average molecular weight is 133 g/mol. The van der Waals surface area contributed by atoms with E-state index in [0.29, 0.717) is 0 Å². The Morgan fingerprint density at radius 1 is 1.50 bits per heavy atom. The maximum atomic E-state index is 2.24. The van der Waals surface area contributed by atoms with Gasteiger partial charge in [0.1, 0.15) is 0 Å². The fourth-order valence-electron chi connectivity index (χ4n) is 0.434. The largest absolute Gasteiger partial charge is 0.257 e. The lowest BCUT2D eigenvalue weighted by atomic mass is 10.4. The molecule has 0 N–H and O–H groups in total. The summed E-state index contributed by atoms with van der Waals surface area (Å²) < 4.78 is 2.15. The molecule has 0 aromatic heterocycles. The van der Waals surface area contributed by atoms with Crippen LogP contribution in [0.1, 0.15) is 20.3 Å². The number of hydrogen-bond donors (Lipinski definition) is 0. The van der Waals surface area contributed by atoms with Crippen molar-refractivity contribution in [1.29, 1.82) is 0 Å². The topological polar surface area (TPSA) is 3.24 Å². The summed E-state index contributed by atoms with van der Waals surface area (Å²) in [5.41, 5.74) is 0. The number of hydrogen-bond acceptors (Lipinski definition) is 2. The van der Waals surface area contributed by atoms with Crippen LogP contribution in [0.5, 0.6) is 0 Å². The fourth-order valence-corrected chi connectivity index (χ4v) is 1.30. The normalized spacial score (nSPS) is 14.6. The molecule has 0 saturated heterocycles. The van der Waals surface area contributed by atoms with Crippen LogP contribution in [0.25, 0.3) is 0 Å².